The minimum absolute atomic E-state index is 0.488. The lowest BCUT2D eigenvalue weighted by atomic mass is 9.95. The number of carbonyl (C=O) groups is 1. The summed E-state index contributed by atoms with van der Waals surface area (Å²) in [6.45, 7) is 0. The van der Waals surface area contributed by atoms with Crippen LogP contribution in [0.3, 0.4) is 0 Å². The summed E-state index contributed by atoms with van der Waals surface area (Å²) in [6.07, 6.45) is 8.73. The number of rotatable bonds is 2. The third-order valence-electron chi connectivity index (χ3n) is 2.77. The first-order chi connectivity index (χ1) is 6.25. The zero-order chi connectivity index (χ0) is 9.26. The van der Waals surface area contributed by atoms with Gasteiger partial charge in [0.15, 0.2) is 0 Å². The molecule has 0 spiro atoms. The van der Waals surface area contributed by atoms with Gasteiger partial charge in [-0.2, -0.15) is 5.10 Å². The van der Waals surface area contributed by atoms with Crippen molar-refractivity contribution in [3.63, 3.8) is 0 Å². The quantitative estimate of drug-likeness (QED) is 0.368. The summed E-state index contributed by atoms with van der Waals surface area (Å²) in [5, 5.41) is 3.79. The number of primary amides is 1. The zero-order valence-electron chi connectivity index (χ0n) is 7.31. The Hall–Kier alpha value is -1.32. The number of hydrogen-bond donors (Lipinski definition) is 2. The normalized spacial score (nSPS) is 35.8. The second-order valence-electron chi connectivity index (χ2n) is 3.70. The number of fused-ring (bicyclic) bond motifs is 2. The van der Waals surface area contributed by atoms with E-state index in [0.29, 0.717) is 11.8 Å². The van der Waals surface area contributed by atoms with Crippen LogP contribution < -0.4 is 11.2 Å². The summed E-state index contributed by atoms with van der Waals surface area (Å²) in [5.41, 5.74) is 7.09. The first-order valence-corrected chi connectivity index (χ1v) is 4.52. The van der Waals surface area contributed by atoms with Gasteiger partial charge in [0.1, 0.15) is 0 Å². The lowest BCUT2D eigenvalue weighted by Gasteiger charge is -2.11. The fraction of sp³-hybridized carbons (Fsp3) is 0.556. The molecule has 3 atom stereocenters. The van der Waals surface area contributed by atoms with Gasteiger partial charge in [-0.1, -0.05) is 12.2 Å². The van der Waals surface area contributed by atoms with Crippen molar-refractivity contribution < 1.29 is 4.79 Å². The minimum atomic E-state index is -0.602. The Labute approximate surface area is 76.9 Å². The lowest BCUT2D eigenvalue weighted by Crippen LogP contribution is -2.25. The first kappa shape index (κ1) is 8.29. The topological polar surface area (TPSA) is 67.5 Å². The minimum Gasteiger partial charge on any atom is -0.350 e. The molecule has 0 aromatic heterocycles. The average molecular weight is 179 g/mol. The molecule has 1 saturated carbocycles. The molecular weight excluding hydrogens is 166 g/mol. The number of allylic oxidation sites excluding steroid dienone is 2. The number of carbonyl (C=O) groups excluding carboxylic acids is 1. The number of nitrogens with two attached hydrogens (primary N) is 1. The summed E-state index contributed by atoms with van der Waals surface area (Å²) < 4.78 is 0. The number of nitrogens with zero attached hydrogens (tertiary/aromatic N) is 1. The molecule has 0 unspecified atom stereocenters. The smallest absolute Gasteiger partial charge is 0.332 e. The molecule has 0 radical (unpaired) electrons. The summed E-state index contributed by atoms with van der Waals surface area (Å²) in [6, 6.07) is -0.602. The van der Waals surface area contributed by atoms with Crippen molar-refractivity contribution in [1.29, 1.82) is 0 Å². The number of hydrogen-bond acceptors (Lipinski definition) is 2. The fourth-order valence-electron chi connectivity index (χ4n) is 2.19. The van der Waals surface area contributed by atoms with Crippen LogP contribution in [-0.4, -0.2) is 12.2 Å². The van der Waals surface area contributed by atoms with Crippen LogP contribution in [0.15, 0.2) is 17.3 Å². The van der Waals surface area contributed by atoms with Gasteiger partial charge < -0.3 is 5.73 Å². The van der Waals surface area contributed by atoms with Gasteiger partial charge in [-0.05, 0) is 24.7 Å². The molecular formula is C9H13N3O. The maximum Gasteiger partial charge on any atom is 0.332 e. The van der Waals surface area contributed by atoms with Gasteiger partial charge in [0.25, 0.3) is 0 Å². The second kappa shape index (κ2) is 3.20. The van der Waals surface area contributed by atoms with Crippen molar-refractivity contribution >= 4 is 12.2 Å². The molecule has 4 heteroatoms. The maximum absolute atomic E-state index is 10.3. The molecule has 4 nitrogen and oxygen atoms in total. The molecule has 0 saturated heterocycles. The lowest BCUT2D eigenvalue weighted by molar-refractivity contribution is 0.249. The molecule has 2 bridgehead atoms. The van der Waals surface area contributed by atoms with Crippen molar-refractivity contribution in [2.75, 3.05) is 0 Å². The largest absolute Gasteiger partial charge is 0.350 e. The zero-order valence-corrected chi connectivity index (χ0v) is 7.31. The van der Waals surface area contributed by atoms with E-state index in [9.17, 15) is 4.79 Å². The SMILES string of the molecule is NC(=O)N/N=C\[C@H]1C[C@@H]2C=C[C@@H]1C2. The number of nitrogens with one attached hydrogen (secondary N) is 1. The molecule has 13 heavy (non-hydrogen) atoms. The molecule has 0 aliphatic heterocycles. The summed E-state index contributed by atoms with van der Waals surface area (Å²) in [7, 11) is 0. The summed E-state index contributed by atoms with van der Waals surface area (Å²) in [5.74, 6) is 1.85. The highest BCUT2D eigenvalue weighted by Crippen LogP contribution is 2.42. The van der Waals surface area contributed by atoms with Gasteiger partial charge >= 0.3 is 6.03 Å². The number of urea groups is 1. The van der Waals surface area contributed by atoms with E-state index in [1.54, 1.807) is 6.21 Å². The van der Waals surface area contributed by atoms with E-state index in [4.69, 9.17) is 5.73 Å². The van der Waals surface area contributed by atoms with Gasteiger partial charge in [0, 0.05) is 12.1 Å². The van der Waals surface area contributed by atoms with Crippen molar-refractivity contribution in [3.05, 3.63) is 12.2 Å². The molecule has 0 heterocycles. The van der Waals surface area contributed by atoms with Crippen LogP contribution in [0.2, 0.25) is 0 Å². The molecule has 2 aliphatic carbocycles. The van der Waals surface area contributed by atoms with Crippen LogP contribution in [0.5, 0.6) is 0 Å². The van der Waals surface area contributed by atoms with E-state index >= 15 is 0 Å². The number of amides is 2. The molecule has 2 rings (SSSR count). The Morgan fingerprint density at radius 3 is 2.92 bits per heavy atom. The molecule has 0 aromatic rings. The highest BCUT2D eigenvalue weighted by atomic mass is 16.2. The standard InChI is InChI=1S/C9H13N3O/c10-9(13)12-11-5-8-4-6-1-2-7(8)3-6/h1-2,5-8H,3-4H2,(H3,10,12,13)/b11-5-/t6-,7-,8-/m1/s1. The van der Waals surface area contributed by atoms with Gasteiger partial charge in [0.05, 0.1) is 0 Å². The van der Waals surface area contributed by atoms with Gasteiger partial charge in [-0.15, -0.1) is 0 Å². The van der Waals surface area contributed by atoms with Gasteiger partial charge in [0.2, 0.25) is 0 Å². The predicted octanol–water partition coefficient (Wildman–Crippen LogP) is 0.853. The Morgan fingerprint density at radius 1 is 1.54 bits per heavy atom. The maximum atomic E-state index is 10.3. The van der Waals surface area contributed by atoms with Crippen molar-refractivity contribution in [2.45, 2.75) is 12.8 Å². The van der Waals surface area contributed by atoms with Crippen molar-refractivity contribution in [2.24, 2.45) is 28.6 Å². The Kier molecular flexibility index (Phi) is 2.04. The molecule has 2 amide bonds. The van der Waals surface area contributed by atoms with Crippen LogP contribution in [0.1, 0.15) is 12.8 Å². The van der Waals surface area contributed by atoms with E-state index < -0.39 is 6.03 Å². The Balaban J connectivity index is 1.86. The fourth-order valence-corrected chi connectivity index (χ4v) is 2.19. The van der Waals surface area contributed by atoms with Crippen LogP contribution >= 0.6 is 0 Å². The predicted molar refractivity (Wildman–Crippen MR) is 50.1 cm³/mol. The van der Waals surface area contributed by atoms with E-state index in [1.165, 1.54) is 6.42 Å². The van der Waals surface area contributed by atoms with Gasteiger partial charge in [-0.25, -0.2) is 10.2 Å². The van der Waals surface area contributed by atoms with Crippen LogP contribution in [0.25, 0.3) is 0 Å². The summed E-state index contributed by atoms with van der Waals surface area (Å²) >= 11 is 0. The molecule has 2 aliphatic rings. The Morgan fingerprint density at radius 2 is 2.38 bits per heavy atom. The molecule has 70 valence electrons. The second-order valence-corrected chi connectivity index (χ2v) is 3.70. The van der Waals surface area contributed by atoms with Crippen molar-refractivity contribution in [1.82, 2.24) is 5.43 Å². The average Bonchev–Trinajstić information content (AvgIpc) is 2.64. The van der Waals surface area contributed by atoms with Crippen molar-refractivity contribution in [3.8, 4) is 0 Å². The Bertz CT molecular complexity index is 272. The van der Waals surface area contributed by atoms with E-state index in [-0.39, 0.29) is 0 Å². The molecule has 1 fully saturated rings. The molecule has 0 aromatic carbocycles. The van der Waals surface area contributed by atoms with E-state index in [0.717, 1.165) is 12.3 Å². The highest BCUT2D eigenvalue weighted by Gasteiger charge is 2.34. The monoisotopic (exact) mass is 179 g/mol. The first-order valence-electron chi connectivity index (χ1n) is 4.52. The van der Waals surface area contributed by atoms with Gasteiger partial charge in [-0.3, -0.25) is 0 Å². The van der Waals surface area contributed by atoms with Crippen LogP contribution in [-0.2, 0) is 0 Å². The number of hydrazone groups is 1. The summed E-state index contributed by atoms with van der Waals surface area (Å²) in [4.78, 5) is 10.3. The highest BCUT2D eigenvalue weighted by molar-refractivity contribution is 5.73. The van der Waals surface area contributed by atoms with E-state index in [1.807, 2.05) is 0 Å². The van der Waals surface area contributed by atoms with Crippen LogP contribution in [0.4, 0.5) is 4.79 Å². The van der Waals surface area contributed by atoms with Crippen LogP contribution in [0, 0.1) is 17.8 Å². The molecule has 3 N–H and O–H groups in total. The third kappa shape index (κ3) is 1.71. The van der Waals surface area contributed by atoms with E-state index in [2.05, 4.69) is 22.7 Å². The third-order valence-corrected chi connectivity index (χ3v) is 2.77.